The molecule has 0 spiro atoms. The summed E-state index contributed by atoms with van der Waals surface area (Å²) in [6.45, 7) is 0. The first kappa shape index (κ1) is 24.7. The summed E-state index contributed by atoms with van der Waals surface area (Å²) in [5.74, 6) is -0.631. The van der Waals surface area contributed by atoms with Crippen LogP contribution in [-0.4, -0.2) is 11.8 Å². The molecule has 0 saturated heterocycles. The van der Waals surface area contributed by atoms with Crippen LogP contribution < -0.4 is 10.6 Å². The molecular formula is C34H28N2O2. The lowest BCUT2D eigenvalue weighted by atomic mass is 9.96. The van der Waals surface area contributed by atoms with E-state index in [9.17, 15) is 9.59 Å². The van der Waals surface area contributed by atoms with Crippen molar-refractivity contribution in [2.75, 3.05) is 0 Å². The first-order valence-electron chi connectivity index (χ1n) is 12.6. The molecule has 0 heterocycles. The highest BCUT2D eigenvalue weighted by molar-refractivity contribution is 6.07. The second kappa shape index (κ2) is 11.8. The molecule has 0 aliphatic rings. The summed E-state index contributed by atoms with van der Waals surface area (Å²) < 4.78 is 0. The highest BCUT2D eigenvalue weighted by Gasteiger charge is 2.24. The van der Waals surface area contributed by atoms with E-state index >= 15 is 0 Å². The average molecular weight is 497 g/mol. The van der Waals surface area contributed by atoms with E-state index in [0.29, 0.717) is 11.1 Å². The average Bonchev–Trinajstić information content (AvgIpc) is 3.00. The maximum Gasteiger partial charge on any atom is 0.252 e. The quantitative estimate of drug-likeness (QED) is 0.250. The van der Waals surface area contributed by atoms with Crippen molar-refractivity contribution >= 4 is 11.8 Å². The highest BCUT2D eigenvalue weighted by atomic mass is 16.2. The second-order valence-corrected chi connectivity index (χ2v) is 9.00. The van der Waals surface area contributed by atoms with Gasteiger partial charge in [-0.2, -0.15) is 0 Å². The molecule has 38 heavy (non-hydrogen) atoms. The van der Waals surface area contributed by atoms with Gasteiger partial charge in [0.05, 0.1) is 23.2 Å². The third-order valence-electron chi connectivity index (χ3n) is 6.50. The highest BCUT2D eigenvalue weighted by Crippen LogP contribution is 2.25. The number of nitrogens with one attached hydrogen (secondary N) is 2. The SMILES string of the molecule is O=C(NC(c1ccccc1)c1ccccc1)c1ccccc1C(=O)NC(c1ccccc1)c1ccccc1. The van der Waals surface area contributed by atoms with E-state index in [4.69, 9.17) is 0 Å². The number of hydrogen-bond acceptors (Lipinski definition) is 2. The number of benzene rings is 5. The van der Waals surface area contributed by atoms with E-state index < -0.39 is 0 Å². The van der Waals surface area contributed by atoms with Gasteiger partial charge in [-0.1, -0.05) is 133 Å². The Kier molecular flexibility index (Phi) is 7.71. The molecule has 0 atom stereocenters. The van der Waals surface area contributed by atoms with E-state index in [2.05, 4.69) is 10.6 Å². The fourth-order valence-electron chi connectivity index (χ4n) is 4.60. The van der Waals surface area contributed by atoms with Crippen LogP contribution in [0.4, 0.5) is 0 Å². The van der Waals surface area contributed by atoms with E-state index in [-0.39, 0.29) is 23.9 Å². The van der Waals surface area contributed by atoms with Crippen molar-refractivity contribution in [3.05, 3.63) is 179 Å². The number of rotatable bonds is 8. The zero-order chi connectivity index (χ0) is 26.2. The van der Waals surface area contributed by atoms with Crippen LogP contribution >= 0.6 is 0 Å². The largest absolute Gasteiger partial charge is 0.341 e. The fourth-order valence-corrected chi connectivity index (χ4v) is 4.60. The van der Waals surface area contributed by atoms with Gasteiger partial charge >= 0.3 is 0 Å². The predicted molar refractivity (Wildman–Crippen MR) is 151 cm³/mol. The van der Waals surface area contributed by atoms with Crippen molar-refractivity contribution in [2.45, 2.75) is 12.1 Å². The second-order valence-electron chi connectivity index (χ2n) is 9.00. The maximum atomic E-state index is 13.7. The van der Waals surface area contributed by atoms with Gasteiger partial charge in [-0.25, -0.2) is 0 Å². The molecule has 4 nitrogen and oxygen atoms in total. The van der Waals surface area contributed by atoms with Crippen molar-refractivity contribution in [1.29, 1.82) is 0 Å². The van der Waals surface area contributed by atoms with Crippen LogP contribution in [0.3, 0.4) is 0 Å². The minimum Gasteiger partial charge on any atom is -0.341 e. The molecule has 0 radical (unpaired) electrons. The molecule has 4 heteroatoms. The van der Waals surface area contributed by atoms with E-state index in [1.54, 1.807) is 24.3 Å². The van der Waals surface area contributed by atoms with Gasteiger partial charge in [0.1, 0.15) is 0 Å². The minimum absolute atomic E-state index is 0.315. The molecule has 0 aliphatic heterocycles. The number of amides is 2. The maximum absolute atomic E-state index is 13.7. The number of hydrogen-bond donors (Lipinski definition) is 2. The Bertz CT molecular complexity index is 1290. The molecule has 0 fully saturated rings. The van der Waals surface area contributed by atoms with Crippen molar-refractivity contribution in [3.63, 3.8) is 0 Å². The lowest BCUT2D eigenvalue weighted by molar-refractivity contribution is 0.0908. The van der Waals surface area contributed by atoms with Gasteiger partial charge in [-0.15, -0.1) is 0 Å². The zero-order valence-electron chi connectivity index (χ0n) is 20.8. The summed E-state index contributed by atoms with van der Waals surface area (Å²) in [6.07, 6.45) is 0. The van der Waals surface area contributed by atoms with Crippen LogP contribution in [-0.2, 0) is 0 Å². The molecular weight excluding hydrogens is 468 g/mol. The summed E-state index contributed by atoms with van der Waals surface area (Å²) >= 11 is 0. The van der Waals surface area contributed by atoms with E-state index in [1.165, 1.54) is 0 Å². The van der Waals surface area contributed by atoms with Gasteiger partial charge in [-0.3, -0.25) is 9.59 Å². The molecule has 0 saturated carbocycles. The Hall–Kier alpha value is -4.96. The van der Waals surface area contributed by atoms with Crippen LogP contribution in [0.1, 0.15) is 55.1 Å². The number of carbonyl (C=O) groups is 2. The summed E-state index contributed by atoms with van der Waals surface area (Å²) in [5.41, 5.74) is 4.48. The lowest BCUT2D eigenvalue weighted by Crippen LogP contribution is -2.34. The van der Waals surface area contributed by atoms with Gasteiger partial charge in [0.15, 0.2) is 0 Å². The van der Waals surface area contributed by atoms with Crippen LogP contribution in [0.25, 0.3) is 0 Å². The molecule has 0 aliphatic carbocycles. The van der Waals surface area contributed by atoms with Crippen LogP contribution in [0.2, 0.25) is 0 Å². The third kappa shape index (κ3) is 5.71. The van der Waals surface area contributed by atoms with Gasteiger partial charge in [-0.05, 0) is 34.4 Å². The van der Waals surface area contributed by atoms with E-state index in [0.717, 1.165) is 22.3 Å². The molecule has 0 unspecified atom stereocenters. The van der Waals surface area contributed by atoms with Crippen molar-refractivity contribution in [1.82, 2.24) is 10.6 Å². The molecule has 0 aromatic heterocycles. The van der Waals surface area contributed by atoms with Crippen molar-refractivity contribution in [3.8, 4) is 0 Å². The summed E-state index contributed by atoms with van der Waals surface area (Å²) in [6, 6.07) is 45.5. The minimum atomic E-state index is -0.359. The molecule has 2 amide bonds. The van der Waals surface area contributed by atoms with Crippen LogP contribution in [0.15, 0.2) is 146 Å². The standard InChI is InChI=1S/C34H28N2O2/c37-33(35-31(25-15-5-1-6-16-25)26-17-7-2-8-18-26)29-23-13-14-24-30(29)34(38)36-32(27-19-9-3-10-20-27)28-21-11-4-12-22-28/h1-24,31-32H,(H,35,37)(H,36,38). The Balaban J connectivity index is 1.44. The van der Waals surface area contributed by atoms with Crippen LogP contribution in [0, 0.1) is 0 Å². The molecule has 0 bridgehead atoms. The molecule has 5 aromatic carbocycles. The van der Waals surface area contributed by atoms with Crippen molar-refractivity contribution < 1.29 is 9.59 Å². The van der Waals surface area contributed by atoms with Gasteiger partial charge in [0.2, 0.25) is 0 Å². The Morgan fingerprint density at radius 2 is 0.605 bits per heavy atom. The summed E-state index contributed by atoms with van der Waals surface area (Å²) in [5, 5.41) is 6.32. The first-order chi connectivity index (χ1) is 18.7. The molecule has 186 valence electrons. The van der Waals surface area contributed by atoms with Crippen molar-refractivity contribution in [2.24, 2.45) is 0 Å². The summed E-state index contributed by atoms with van der Waals surface area (Å²) in [4.78, 5) is 27.3. The Labute approximate surface area is 223 Å². The van der Waals surface area contributed by atoms with Gasteiger partial charge < -0.3 is 10.6 Å². The predicted octanol–water partition coefficient (Wildman–Crippen LogP) is 6.73. The van der Waals surface area contributed by atoms with Crippen LogP contribution in [0.5, 0.6) is 0 Å². The van der Waals surface area contributed by atoms with Gasteiger partial charge in [0, 0.05) is 0 Å². The molecule has 5 rings (SSSR count). The normalized spacial score (nSPS) is 10.8. The topological polar surface area (TPSA) is 58.2 Å². The van der Waals surface area contributed by atoms with E-state index in [1.807, 2.05) is 121 Å². The Morgan fingerprint density at radius 3 is 0.868 bits per heavy atom. The summed E-state index contributed by atoms with van der Waals surface area (Å²) in [7, 11) is 0. The zero-order valence-corrected chi connectivity index (χ0v) is 20.8. The number of carbonyl (C=O) groups excluding carboxylic acids is 2. The monoisotopic (exact) mass is 496 g/mol. The Morgan fingerprint density at radius 1 is 0.368 bits per heavy atom. The lowest BCUT2D eigenvalue weighted by Gasteiger charge is -2.22. The molecule has 5 aromatic rings. The molecule has 2 N–H and O–H groups in total. The first-order valence-corrected chi connectivity index (χ1v) is 12.6. The smallest absolute Gasteiger partial charge is 0.252 e. The third-order valence-corrected chi connectivity index (χ3v) is 6.50. The van der Waals surface area contributed by atoms with Gasteiger partial charge in [0.25, 0.3) is 11.8 Å². The fraction of sp³-hybridized carbons (Fsp3) is 0.0588.